The molecule has 1 heterocycles. The first-order valence-corrected chi connectivity index (χ1v) is 8.99. The van der Waals surface area contributed by atoms with E-state index in [1.807, 2.05) is 24.4 Å². The zero-order valence-electron chi connectivity index (χ0n) is 11.6. The molecule has 0 saturated carbocycles. The first-order valence-electron chi connectivity index (χ1n) is 6.46. The van der Waals surface area contributed by atoms with Gasteiger partial charge in [0.05, 0.1) is 21.3 Å². The summed E-state index contributed by atoms with van der Waals surface area (Å²) in [5, 5.41) is 2.83. The Balaban J connectivity index is 2.57. The highest BCUT2D eigenvalue weighted by molar-refractivity contribution is 7.91. The van der Waals surface area contributed by atoms with Crippen molar-refractivity contribution in [1.29, 1.82) is 0 Å². The number of nitrogens with zero attached hydrogens (tertiary/aromatic N) is 1. The zero-order chi connectivity index (χ0) is 14.8. The predicted molar refractivity (Wildman–Crippen MR) is 82.8 cm³/mol. The first kappa shape index (κ1) is 15.2. The number of hydrogen-bond acceptors (Lipinski definition) is 5. The highest BCUT2D eigenvalue weighted by atomic mass is 32.2. The van der Waals surface area contributed by atoms with Gasteiger partial charge in [-0.2, -0.15) is 0 Å². The second-order valence-electron chi connectivity index (χ2n) is 4.57. The van der Waals surface area contributed by atoms with Crippen LogP contribution in [0.25, 0.3) is 11.3 Å². The summed E-state index contributed by atoms with van der Waals surface area (Å²) in [4.78, 5) is 4.85. The van der Waals surface area contributed by atoms with Gasteiger partial charge in [-0.1, -0.05) is 18.6 Å². The SMILES string of the molecule is CCS(=O)(=O)c1ccc(C)cc1-c1csc(CCN)n1. The van der Waals surface area contributed by atoms with E-state index in [0.717, 1.165) is 10.6 Å². The summed E-state index contributed by atoms with van der Waals surface area (Å²) < 4.78 is 24.4. The maximum atomic E-state index is 12.2. The first-order chi connectivity index (χ1) is 9.47. The van der Waals surface area contributed by atoms with Crippen molar-refractivity contribution in [2.24, 2.45) is 5.73 Å². The molecule has 2 aromatic rings. The Hall–Kier alpha value is -1.24. The van der Waals surface area contributed by atoms with Gasteiger partial charge in [0, 0.05) is 17.4 Å². The van der Waals surface area contributed by atoms with Crippen LogP contribution in [0.15, 0.2) is 28.5 Å². The third kappa shape index (κ3) is 3.08. The molecule has 0 radical (unpaired) electrons. The van der Waals surface area contributed by atoms with Crippen LogP contribution < -0.4 is 5.73 Å². The minimum atomic E-state index is -3.26. The summed E-state index contributed by atoms with van der Waals surface area (Å²) in [6.45, 7) is 4.14. The fraction of sp³-hybridized carbons (Fsp3) is 0.357. The van der Waals surface area contributed by atoms with Crippen molar-refractivity contribution >= 4 is 21.2 Å². The molecule has 0 aliphatic heterocycles. The van der Waals surface area contributed by atoms with Gasteiger partial charge in [0.1, 0.15) is 0 Å². The minimum absolute atomic E-state index is 0.0862. The van der Waals surface area contributed by atoms with Crippen molar-refractivity contribution in [3.05, 3.63) is 34.2 Å². The molecule has 2 rings (SSSR count). The standard InChI is InChI=1S/C14H18N2O2S2/c1-3-20(17,18)13-5-4-10(2)8-11(13)12-9-19-14(16-12)6-7-15/h4-5,8-9H,3,6-7,15H2,1-2H3. The molecule has 0 unspecified atom stereocenters. The van der Waals surface area contributed by atoms with Crippen molar-refractivity contribution in [1.82, 2.24) is 4.98 Å². The van der Waals surface area contributed by atoms with Gasteiger partial charge in [0.2, 0.25) is 0 Å². The van der Waals surface area contributed by atoms with E-state index in [1.165, 1.54) is 11.3 Å². The van der Waals surface area contributed by atoms with E-state index >= 15 is 0 Å². The summed E-state index contributed by atoms with van der Waals surface area (Å²) in [6.07, 6.45) is 0.715. The van der Waals surface area contributed by atoms with E-state index in [-0.39, 0.29) is 5.75 Å². The van der Waals surface area contributed by atoms with E-state index in [2.05, 4.69) is 4.98 Å². The van der Waals surface area contributed by atoms with Crippen molar-refractivity contribution < 1.29 is 8.42 Å². The van der Waals surface area contributed by atoms with Crippen LogP contribution in [0.3, 0.4) is 0 Å². The number of benzene rings is 1. The number of sulfone groups is 1. The van der Waals surface area contributed by atoms with Gasteiger partial charge in [0.15, 0.2) is 9.84 Å². The average molecular weight is 310 g/mol. The number of nitrogens with two attached hydrogens (primary N) is 1. The van der Waals surface area contributed by atoms with Gasteiger partial charge in [-0.05, 0) is 25.6 Å². The molecular formula is C14H18N2O2S2. The van der Waals surface area contributed by atoms with Gasteiger partial charge in [-0.3, -0.25) is 0 Å². The lowest BCUT2D eigenvalue weighted by Gasteiger charge is -2.08. The second kappa shape index (κ2) is 6.03. The van der Waals surface area contributed by atoms with Crippen LogP contribution in [-0.4, -0.2) is 25.7 Å². The summed E-state index contributed by atoms with van der Waals surface area (Å²) in [5.41, 5.74) is 7.94. The molecule has 108 valence electrons. The second-order valence-corrected chi connectivity index (χ2v) is 7.76. The number of aryl methyl sites for hydroxylation is 1. The lowest BCUT2D eigenvalue weighted by atomic mass is 10.1. The van der Waals surface area contributed by atoms with Gasteiger partial charge in [-0.15, -0.1) is 11.3 Å². The van der Waals surface area contributed by atoms with Crippen LogP contribution in [0.2, 0.25) is 0 Å². The molecule has 0 atom stereocenters. The largest absolute Gasteiger partial charge is 0.330 e. The molecule has 0 fully saturated rings. The van der Waals surface area contributed by atoms with Gasteiger partial charge in [0.25, 0.3) is 0 Å². The highest BCUT2D eigenvalue weighted by Crippen LogP contribution is 2.30. The summed E-state index contributed by atoms with van der Waals surface area (Å²) in [7, 11) is -3.26. The maximum Gasteiger partial charge on any atom is 0.178 e. The molecule has 1 aromatic carbocycles. The topological polar surface area (TPSA) is 73.0 Å². The van der Waals surface area contributed by atoms with Crippen LogP contribution in [0.5, 0.6) is 0 Å². The summed E-state index contributed by atoms with van der Waals surface area (Å²) in [5.74, 6) is 0.0862. The Labute approximate surface area is 123 Å². The van der Waals surface area contributed by atoms with Crippen molar-refractivity contribution in [2.45, 2.75) is 25.2 Å². The van der Waals surface area contributed by atoms with E-state index in [9.17, 15) is 8.42 Å². The zero-order valence-corrected chi connectivity index (χ0v) is 13.2. The molecule has 0 bridgehead atoms. The van der Waals surface area contributed by atoms with Crippen molar-refractivity contribution in [2.75, 3.05) is 12.3 Å². The Morgan fingerprint density at radius 2 is 2.10 bits per heavy atom. The van der Waals surface area contributed by atoms with Gasteiger partial charge < -0.3 is 5.73 Å². The van der Waals surface area contributed by atoms with Crippen LogP contribution in [0.4, 0.5) is 0 Å². The van der Waals surface area contributed by atoms with E-state index in [0.29, 0.717) is 29.1 Å². The Morgan fingerprint density at radius 1 is 1.35 bits per heavy atom. The summed E-state index contributed by atoms with van der Waals surface area (Å²) in [6, 6.07) is 5.37. The molecule has 0 aliphatic rings. The molecule has 6 heteroatoms. The molecule has 0 amide bonds. The highest BCUT2D eigenvalue weighted by Gasteiger charge is 2.19. The van der Waals surface area contributed by atoms with E-state index < -0.39 is 9.84 Å². The van der Waals surface area contributed by atoms with Crippen LogP contribution in [-0.2, 0) is 16.3 Å². The third-order valence-electron chi connectivity index (χ3n) is 3.04. The molecule has 0 saturated heterocycles. The minimum Gasteiger partial charge on any atom is -0.330 e. The molecule has 1 aromatic heterocycles. The van der Waals surface area contributed by atoms with Crippen LogP contribution in [0.1, 0.15) is 17.5 Å². The van der Waals surface area contributed by atoms with E-state index in [1.54, 1.807) is 13.0 Å². The fourth-order valence-corrected chi connectivity index (χ4v) is 3.84. The van der Waals surface area contributed by atoms with Gasteiger partial charge >= 0.3 is 0 Å². The number of hydrogen-bond donors (Lipinski definition) is 1. The van der Waals surface area contributed by atoms with Crippen molar-refractivity contribution in [3.8, 4) is 11.3 Å². The molecule has 0 aliphatic carbocycles. The number of thiazole rings is 1. The van der Waals surface area contributed by atoms with Crippen LogP contribution in [0, 0.1) is 6.92 Å². The molecule has 0 spiro atoms. The number of rotatable bonds is 5. The lowest BCUT2D eigenvalue weighted by molar-refractivity contribution is 0.597. The Morgan fingerprint density at radius 3 is 2.75 bits per heavy atom. The van der Waals surface area contributed by atoms with Crippen LogP contribution >= 0.6 is 11.3 Å². The number of aromatic nitrogens is 1. The van der Waals surface area contributed by atoms with Gasteiger partial charge in [-0.25, -0.2) is 13.4 Å². The Bertz CT molecular complexity index is 706. The third-order valence-corrected chi connectivity index (χ3v) is 5.73. The normalized spacial score (nSPS) is 11.8. The predicted octanol–water partition coefficient (Wildman–Crippen LogP) is 2.41. The lowest BCUT2D eigenvalue weighted by Crippen LogP contribution is -2.06. The summed E-state index contributed by atoms with van der Waals surface area (Å²) >= 11 is 1.52. The Kier molecular flexibility index (Phi) is 4.57. The maximum absolute atomic E-state index is 12.2. The average Bonchev–Trinajstić information content (AvgIpc) is 2.87. The smallest absolute Gasteiger partial charge is 0.178 e. The van der Waals surface area contributed by atoms with Crippen molar-refractivity contribution in [3.63, 3.8) is 0 Å². The molecule has 4 nitrogen and oxygen atoms in total. The quantitative estimate of drug-likeness (QED) is 0.920. The molecule has 2 N–H and O–H groups in total. The monoisotopic (exact) mass is 310 g/mol. The fourth-order valence-electron chi connectivity index (χ4n) is 1.94. The molecule has 20 heavy (non-hydrogen) atoms. The van der Waals surface area contributed by atoms with E-state index in [4.69, 9.17) is 5.73 Å². The molecular weight excluding hydrogens is 292 g/mol.